The zero-order valence-corrected chi connectivity index (χ0v) is 12.4. The van der Waals surface area contributed by atoms with Crippen LogP contribution >= 0.6 is 0 Å². The number of hydrogen-bond donors (Lipinski definition) is 1. The second-order valence-electron chi connectivity index (χ2n) is 7.36. The van der Waals surface area contributed by atoms with Gasteiger partial charge in [-0.1, -0.05) is 44.5 Å². The molecule has 2 saturated carbocycles. The molecule has 1 nitrogen and oxygen atoms in total. The zero-order chi connectivity index (χ0) is 13.3. The largest absolute Gasteiger partial charge is 0.310 e. The summed E-state index contributed by atoms with van der Waals surface area (Å²) in [5.74, 6) is 0.869. The highest BCUT2D eigenvalue weighted by Crippen LogP contribution is 2.40. The van der Waals surface area contributed by atoms with Crippen LogP contribution in [0.4, 0.5) is 0 Å². The molecule has 2 aliphatic carbocycles. The highest BCUT2D eigenvalue weighted by molar-refractivity contribution is 5.29. The van der Waals surface area contributed by atoms with Crippen molar-refractivity contribution in [2.45, 2.75) is 70.9 Å². The van der Waals surface area contributed by atoms with Crippen molar-refractivity contribution in [2.24, 2.45) is 5.41 Å². The van der Waals surface area contributed by atoms with Gasteiger partial charge in [0.05, 0.1) is 0 Å². The van der Waals surface area contributed by atoms with Crippen LogP contribution in [-0.4, -0.2) is 6.04 Å². The van der Waals surface area contributed by atoms with E-state index in [-0.39, 0.29) is 0 Å². The van der Waals surface area contributed by atoms with Crippen LogP contribution in [0.1, 0.15) is 69.4 Å². The summed E-state index contributed by atoms with van der Waals surface area (Å²) < 4.78 is 0. The second-order valence-corrected chi connectivity index (χ2v) is 7.36. The molecule has 2 aliphatic rings. The van der Waals surface area contributed by atoms with Crippen molar-refractivity contribution in [1.29, 1.82) is 0 Å². The molecule has 104 valence electrons. The third-order valence-corrected chi connectivity index (χ3v) is 4.80. The fourth-order valence-corrected chi connectivity index (χ4v) is 3.51. The average Bonchev–Trinajstić information content (AvgIpc) is 3.20. The molecule has 0 radical (unpaired) electrons. The number of benzene rings is 1. The monoisotopic (exact) mass is 257 g/mol. The number of hydrogen-bond acceptors (Lipinski definition) is 1. The minimum atomic E-state index is 0.534. The van der Waals surface area contributed by atoms with Gasteiger partial charge in [0.15, 0.2) is 0 Å². The van der Waals surface area contributed by atoms with Crippen molar-refractivity contribution in [3.05, 3.63) is 35.4 Å². The fourth-order valence-electron chi connectivity index (χ4n) is 3.51. The molecule has 1 atom stereocenters. The van der Waals surface area contributed by atoms with Gasteiger partial charge in [0.25, 0.3) is 0 Å². The summed E-state index contributed by atoms with van der Waals surface area (Å²) in [5, 5.41) is 3.78. The molecule has 0 heterocycles. The maximum atomic E-state index is 3.78. The minimum absolute atomic E-state index is 0.534. The van der Waals surface area contributed by atoms with Gasteiger partial charge in [-0.15, -0.1) is 0 Å². The van der Waals surface area contributed by atoms with Gasteiger partial charge in [0, 0.05) is 12.6 Å². The van der Waals surface area contributed by atoms with E-state index >= 15 is 0 Å². The van der Waals surface area contributed by atoms with Crippen molar-refractivity contribution in [3.8, 4) is 0 Å². The Hall–Kier alpha value is -0.820. The molecule has 0 saturated heterocycles. The average molecular weight is 257 g/mol. The first-order valence-electron chi connectivity index (χ1n) is 7.95. The highest BCUT2D eigenvalue weighted by Gasteiger charge is 2.27. The normalized spacial score (nSPS) is 26.3. The van der Waals surface area contributed by atoms with Gasteiger partial charge in [-0.25, -0.2) is 0 Å². The van der Waals surface area contributed by atoms with Gasteiger partial charge in [-0.05, 0) is 54.6 Å². The van der Waals surface area contributed by atoms with E-state index in [2.05, 4.69) is 43.4 Å². The molecule has 0 amide bonds. The lowest BCUT2D eigenvalue weighted by Crippen LogP contribution is -2.36. The highest BCUT2D eigenvalue weighted by atomic mass is 14.9. The van der Waals surface area contributed by atoms with Crippen LogP contribution in [0.3, 0.4) is 0 Å². The van der Waals surface area contributed by atoms with Crippen molar-refractivity contribution < 1.29 is 0 Å². The van der Waals surface area contributed by atoms with Crippen molar-refractivity contribution >= 4 is 0 Å². The van der Waals surface area contributed by atoms with Crippen molar-refractivity contribution in [3.63, 3.8) is 0 Å². The number of nitrogens with one attached hydrogen (secondary N) is 1. The Morgan fingerprint density at radius 3 is 2.79 bits per heavy atom. The second kappa shape index (κ2) is 5.28. The van der Waals surface area contributed by atoms with Gasteiger partial charge in [0.1, 0.15) is 0 Å². The summed E-state index contributed by atoms with van der Waals surface area (Å²) in [5.41, 5.74) is 3.56. The summed E-state index contributed by atoms with van der Waals surface area (Å²) in [6.45, 7) is 5.87. The molecule has 19 heavy (non-hydrogen) atoms. The van der Waals surface area contributed by atoms with E-state index < -0.39 is 0 Å². The number of rotatable bonds is 4. The lowest BCUT2D eigenvalue weighted by molar-refractivity contribution is 0.198. The van der Waals surface area contributed by atoms with E-state index in [0.717, 1.165) is 12.5 Å². The maximum absolute atomic E-state index is 3.78. The fraction of sp³-hybridized carbons (Fsp3) is 0.667. The van der Waals surface area contributed by atoms with Gasteiger partial charge < -0.3 is 5.32 Å². The first-order chi connectivity index (χ1) is 9.12. The summed E-state index contributed by atoms with van der Waals surface area (Å²) in [6.07, 6.45) is 8.25. The van der Waals surface area contributed by atoms with Crippen molar-refractivity contribution in [1.82, 2.24) is 5.32 Å². The lowest BCUT2D eigenvalue weighted by Gasteiger charge is -2.35. The summed E-state index contributed by atoms with van der Waals surface area (Å²) in [4.78, 5) is 0. The first-order valence-corrected chi connectivity index (χ1v) is 7.95. The Kier molecular flexibility index (Phi) is 3.66. The molecular weight excluding hydrogens is 230 g/mol. The molecular formula is C18H27N. The van der Waals surface area contributed by atoms with Crippen LogP contribution in [0.2, 0.25) is 0 Å². The molecule has 1 aromatic carbocycles. The summed E-state index contributed by atoms with van der Waals surface area (Å²) in [6, 6.07) is 9.93. The van der Waals surface area contributed by atoms with Crippen LogP contribution in [0.15, 0.2) is 24.3 Å². The molecule has 2 fully saturated rings. The summed E-state index contributed by atoms with van der Waals surface area (Å²) >= 11 is 0. The van der Waals surface area contributed by atoms with E-state index in [0.29, 0.717) is 11.5 Å². The standard InChI is InChI=1S/C18H27N/c1-18(2)10-4-7-17(12-18)19-13-14-5-3-6-16(11-14)15-8-9-15/h3,5-6,11,15,17,19H,4,7-10,12-13H2,1-2H3. The zero-order valence-electron chi connectivity index (χ0n) is 12.4. The SMILES string of the molecule is CC1(C)CCCC(NCc2cccc(C3CC3)c2)C1. The molecule has 1 aromatic rings. The van der Waals surface area contributed by atoms with Crippen LogP contribution in [0, 0.1) is 5.41 Å². The molecule has 1 heteroatoms. The van der Waals surface area contributed by atoms with Crippen LogP contribution in [0.25, 0.3) is 0 Å². The van der Waals surface area contributed by atoms with Crippen molar-refractivity contribution in [2.75, 3.05) is 0 Å². The smallest absolute Gasteiger partial charge is 0.0208 e. The molecule has 0 aliphatic heterocycles. The third-order valence-electron chi connectivity index (χ3n) is 4.80. The van der Waals surface area contributed by atoms with E-state index in [1.54, 1.807) is 5.56 Å². The van der Waals surface area contributed by atoms with Gasteiger partial charge in [0.2, 0.25) is 0 Å². The minimum Gasteiger partial charge on any atom is -0.310 e. The third kappa shape index (κ3) is 3.60. The molecule has 1 unspecified atom stereocenters. The van der Waals surface area contributed by atoms with Crippen LogP contribution in [-0.2, 0) is 6.54 Å². The first kappa shape index (κ1) is 13.2. The molecule has 1 N–H and O–H groups in total. The quantitative estimate of drug-likeness (QED) is 0.829. The Balaban J connectivity index is 1.55. The Morgan fingerprint density at radius 2 is 2.05 bits per heavy atom. The van der Waals surface area contributed by atoms with E-state index in [4.69, 9.17) is 0 Å². The molecule has 3 rings (SSSR count). The van der Waals surface area contributed by atoms with E-state index in [9.17, 15) is 0 Å². The van der Waals surface area contributed by atoms with E-state index in [1.165, 1.54) is 44.1 Å². The Labute approximate surface area is 117 Å². The molecule has 0 bridgehead atoms. The van der Waals surface area contributed by atoms with Crippen LogP contribution < -0.4 is 5.32 Å². The molecule has 0 spiro atoms. The predicted octanol–water partition coefficient (Wildman–Crippen LogP) is 4.62. The van der Waals surface area contributed by atoms with Gasteiger partial charge >= 0.3 is 0 Å². The maximum Gasteiger partial charge on any atom is 0.0208 e. The summed E-state index contributed by atoms with van der Waals surface area (Å²) in [7, 11) is 0. The van der Waals surface area contributed by atoms with Gasteiger partial charge in [-0.3, -0.25) is 0 Å². The molecule has 0 aromatic heterocycles. The Morgan fingerprint density at radius 1 is 1.21 bits per heavy atom. The van der Waals surface area contributed by atoms with E-state index in [1.807, 2.05) is 0 Å². The Bertz CT molecular complexity index is 431. The van der Waals surface area contributed by atoms with Crippen LogP contribution in [0.5, 0.6) is 0 Å². The topological polar surface area (TPSA) is 12.0 Å². The van der Waals surface area contributed by atoms with Gasteiger partial charge in [-0.2, -0.15) is 0 Å². The lowest BCUT2D eigenvalue weighted by atomic mass is 9.75. The predicted molar refractivity (Wildman–Crippen MR) is 81.3 cm³/mol.